The van der Waals surface area contributed by atoms with Gasteiger partial charge >= 0.3 is 6.36 Å². The number of alkyl halides is 4. The van der Waals surface area contributed by atoms with E-state index in [0.29, 0.717) is 5.92 Å². The predicted molar refractivity (Wildman–Crippen MR) is 77.6 cm³/mol. The Hall–Kier alpha value is -0.900. The fourth-order valence-corrected chi connectivity index (χ4v) is 3.35. The van der Waals surface area contributed by atoms with Crippen LogP contribution in [0.4, 0.5) is 13.2 Å². The third-order valence-electron chi connectivity index (χ3n) is 4.23. The summed E-state index contributed by atoms with van der Waals surface area (Å²) in [6.07, 6.45) is 0.654. The molecule has 1 aliphatic rings. The van der Waals surface area contributed by atoms with Crippen LogP contribution >= 0.6 is 11.6 Å². The molecule has 1 fully saturated rings. The van der Waals surface area contributed by atoms with Gasteiger partial charge in [-0.2, -0.15) is 0 Å². The van der Waals surface area contributed by atoms with Gasteiger partial charge in [-0.1, -0.05) is 25.5 Å². The highest BCUT2D eigenvalue weighted by molar-refractivity contribution is 6.20. The molecule has 0 N–H and O–H groups in total. The first-order valence-corrected chi connectivity index (χ1v) is 7.79. The highest BCUT2D eigenvalue weighted by Crippen LogP contribution is 2.36. The van der Waals surface area contributed by atoms with Crippen LogP contribution in [-0.2, 0) is 6.42 Å². The van der Waals surface area contributed by atoms with Crippen molar-refractivity contribution in [1.82, 2.24) is 0 Å². The van der Waals surface area contributed by atoms with Gasteiger partial charge in [-0.15, -0.1) is 24.8 Å². The van der Waals surface area contributed by atoms with Crippen LogP contribution in [0.1, 0.15) is 38.2 Å². The van der Waals surface area contributed by atoms with Crippen LogP contribution in [0.2, 0.25) is 0 Å². The molecule has 1 aliphatic carbocycles. The normalized spacial score (nSPS) is 26.6. The summed E-state index contributed by atoms with van der Waals surface area (Å²) in [5.41, 5.74) is 1.01. The molecule has 1 saturated carbocycles. The van der Waals surface area contributed by atoms with Crippen molar-refractivity contribution in [3.63, 3.8) is 0 Å². The summed E-state index contributed by atoms with van der Waals surface area (Å²) in [6, 6.07) is 6.12. The van der Waals surface area contributed by atoms with Crippen LogP contribution < -0.4 is 4.74 Å². The minimum absolute atomic E-state index is 0.166. The van der Waals surface area contributed by atoms with Crippen molar-refractivity contribution in [2.75, 3.05) is 0 Å². The largest absolute Gasteiger partial charge is 0.573 e. The second-order valence-electron chi connectivity index (χ2n) is 5.76. The van der Waals surface area contributed by atoms with E-state index in [2.05, 4.69) is 11.7 Å². The molecular weight excluding hydrogens is 301 g/mol. The summed E-state index contributed by atoms with van der Waals surface area (Å²) in [4.78, 5) is 0. The van der Waals surface area contributed by atoms with Crippen molar-refractivity contribution in [2.45, 2.75) is 50.8 Å². The molecule has 2 rings (SSSR count). The van der Waals surface area contributed by atoms with Gasteiger partial charge in [0.2, 0.25) is 0 Å². The van der Waals surface area contributed by atoms with E-state index in [4.69, 9.17) is 11.6 Å². The average molecular weight is 321 g/mol. The van der Waals surface area contributed by atoms with Gasteiger partial charge in [-0.05, 0) is 55.2 Å². The maximum atomic E-state index is 12.1. The lowest BCUT2D eigenvalue weighted by atomic mass is 9.77. The van der Waals surface area contributed by atoms with Crippen molar-refractivity contribution >= 4 is 11.6 Å². The molecule has 0 aliphatic heterocycles. The van der Waals surface area contributed by atoms with E-state index in [1.54, 1.807) is 12.1 Å². The topological polar surface area (TPSA) is 9.23 Å². The summed E-state index contributed by atoms with van der Waals surface area (Å²) in [5, 5.41) is 0.166. The summed E-state index contributed by atoms with van der Waals surface area (Å²) in [6.45, 7) is 2.19. The van der Waals surface area contributed by atoms with Crippen LogP contribution in [-0.4, -0.2) is 11.7 Å². The molecule has 0 saturated heterocycles. The zero-order chi connectivity index (χ0) is 15.5. The van der Waals surface area contributed by atoms with E-state index in [0.717, 1.165) is 30.7 Å². The van der Waals surface area contributed by atoms with Crippen LogP contribution in [0.25, 0.3) is 0 Å². The second kappa shape index (κ2) is 6.91. The Balaban J connectivity index is 1.96. The van der Waals surface area contributed by atoms with Crippen molar-refractivity contribution < 1.29 is 17.9 Å². The highest BCUT2D eigenvalue weighted by Gasteiger charge is 2.31. The molecule has 0 radical (unpaired) electrons. The number of halogens is 4. The van der Waals surface area contributed by atoms with Gasteiger partial charge in [0.1, 0.15) is 5.75 Å². The zero-order valence-corrected chi connectivity index (χ0v) is 12.8. The molecule has 0 bridgehead atoms. The van der Waals surface area contributed by atoms with Gasteiger partial charge in [-0.25, -0.2) is 0 Å². The molecule has 118 valence electrons. The Morgan fingerprint density at radius 3 is 2.43 bits per heavy atom. The second-order valence-corrected chi connectivity index (χ2v) is 6.32. The lowest BCUT2D eigenvalue weighted by molar-refractivity contribution is -0.274. The molecule has 3 unspecified atom stereocenters. The fraction of sp³-hybridized carbons (Fsp3) is 0.625. The molecule has 0 spiro atoms. The number of hydrogen-bond acceptors (Lipinski definition) is 1. The molecular formula is C16H20ClF3O. The average Bonchev–Trinajstić information content (AvgIpc) is 2.42. The number of hydrogen-bond donors (Lipinski definition) is 0. The lowest BCUT2D eigenvalue weighted by Crippen LogP contribution is -2.26. The first-order chi connectivity index (χ1) is 9.87. The van der Waals surface area contributed by atoms with Gasteiger partial charge in [-0.3, -0.25) is 0 Å². The monoisotopic (exact) mass is 320 g/mol. The maximum Gasteiger partial charge on any atom is 0.573 e. The standard InChI is InChI=1S/C16H20ClF3O/c1-2-11-5-8-15(17)13(9-11)10-12-3-6-14(7-4-12)21-16(18,19)20/h3-4,6-7,11,13,15H,2,5,8-10H2,1H3. The molecule has 1 aromatic carbocycles. The van der Waals surface area contributed by atoms with E-state index in [1.807, 2.05) is 0 Å². The molecule has 0 amide bonds. The first-order valence-electron chi connectivity index (χ1n) is 7.36. The number of ether oxygens (including phenoxy) is 1. The third kappa shape index (κ3) is 5.10. The van der Waals surface area contributed by atoms with E-state index >= 15 is 0 Å². The zero-order valence-electron chi connectivity index (χ0n) is 12.0. The number of rotatable bonds is 4. The lowest BCUT2D eigenvalue weighted by Gasteiger charge is -2.32. The van der Waals surface area contributed by atoms with Gasteiger partial charge in [0, 0.05) is 5.38 Å². The Labute approximate surface area is 128 Å². The van der Waals surface area contributed by atoms with Gasteiger partial charge in [0.05, 0.1) is 0 Å². The minimum Gasteiger partial charge on any atom is -0.406 e. The van der Waals surface area contributed by atoms with E-state index < -0.39 is 6.36 Å². The van der Waals surface area contributed by atoms with E-state index in [9.17, 15) is 13.2 Å². The van der Waals surface area contributed by atoms with Crippen molar-refractivity contribution in [3.8, 4) is 5.75 Å². The van der Waals surface area contributed by atoms with Crippen molar-refractivity contribution in [3.05, 3.63) is 29.8 Å². The van der Waals surface area contributed by atoms with Crippen LogP contribution in [0.5, 0.6) is 5.75 Å². The Morgan fingerprint density at radius 1 is 1.19 bits per heavy atom. The SMILES string of the molecule is CCC1CCC(Cl)C(Cc2ccc(OC(F)(F)F)cc2)C1. The summed E-state index contributed by atoms with van der Waals surface area (Å²) >= 11 is 6.40. The summed E-state index contributed by atoms with van der Waals surface area (Å²) < 4.78 is 40.2. The molecule has 0 heterocycles. The Kier molecular flexibility index (Phi) is 5.42. The molecule has 1 aromatic rings. The smallest absolute Gasteiger partial charge is 0.406 e. The number of benzene rings is 1. The van der Waals surface area contributed by atoms with Crippen LogP contribution in [0.3, 0.4) is 0 Å². The van der Waals surface area contributed by atoms with Gasteiger partial charge in [0.25, 0.3) is 0 Å². The molecule has 5 heteroatoms. The summed E-state index contributed by atoms with van der Waals surface area (Å²) in [5.74, 6) is 0.946. The van der Waals surface area contributed by atoms with Gasteiger partial charge in [0.15, 0.2) is 0 Å². The van der Waals surface area contributed by atoms with Crippen molar-refractivity contribution in [2.24, 2.45) is 11.8 Å². The molecule has 1 nitrogen and oxygen atoms in total. The van der Waals surface area contributed by atoms with Crippen LogP contribution in [0, 0.1) is 11.8 Å². The quantitative estimate of drug-likeness (QED) is 0.660. The van der Waals surface area contributed by atoms with Crippen LogP contribution in [0.15, 0.2) is 24.3 Å². The van der Waals surface area contributed by atoms with E-state index in [1.165, 1.54) is 25.0 Å². The Morgan fingerprint density at radius 2 is 1.86 bits per heavy atom. The van der Waals surface area contributed by atoms with Crippen molar-refractivity contribution in [1.29, 1.82) is 0 Å². The molecule has 0 aromatic heterocycles. The molecule has 21 heavy (non-hydrogen) atoms. The fourth-order valence-electron chi connectivity index (χ4n) is 3.04. The minimum atomic E-state index is -4.64. The summed E-state index contributed by atoms with van der Waals surface area (Å²) in [7, 11) is 0. The van der Waals surface area contributed by atoms with Gasteiger partial charge < -0.3 is 4.74 Å². The predicted octanol–water partition coefficient (Wildman–Crippen LogP) is 5.56. The molecule has 3 atom stereocenters. The highest BCUT2D eigenvalue weighted by atomic mass is 35.5. The van der Waals surface area contributed by atoms with E-state index in [-0.39, 0.29) is 11.1 Å². The first kappa shape index (κ1) is 16.5. The third-order valence-corrected chi connectivity index (χ3v) is 4.81. The Bertz CT molecular complexity index is 444. The maximum absolute atomic E-state index is 12.1.